The summed E-state index contributed by atoms with van der Waals surface area (Å²) >= 11 is 0. The van der Waals surface area contributed by atoms with E-state index in [9.17, 15) is 18.0 Å². The SMILES string of the molecule is CNCCNc1cc(C(=O)c2ccccc2)c(C(F)(F)F)nn1. The Labute approximate surface area is 130 Å². The smallest absolute Gasteiger partial charge is 0.367 e. The van der Waals surface area contributed by atoms with E-state index in [-0.39, 0.29) is 11.4 Å². The minimum Gasteiger partial charge on any atom is -0.367 e. The molecule has 5 nitrogen and oxygen atoms in total. The molecular weight excluding hydrogens is 309 g/mol. The topological polar surface area (TPSA) is 66.9 Å². The number of nitrogens with one attached hydrogen (secondary N) is 2. The fourth-order valence-electron chi connectivity index (χ4n) is 1.92. The Hall–Kier alpha value is -2.48. The Morgan fingerprint density at radius 3 is 2.43 bits per heavy atom. The molecule has 0 amide bonds. The zero-order chi connectivity index (χ0) is 16.9. The van der Waals surface area contributed by atoms with Crippen molar-refractivity contribution in [2.24, 2.45) is 0 Å². The number of nitrogens with zero attached hydrogens (tertiary/aromatic N) is 2. The van der Waals surface area contributed by atoms with Crippen molar-refractivity contribution in [3.05, 3.63) is 53.2 Å². The lowest BCUT2D eigenvalue weighted by molar-refractivity contribution is -0.142. The van der Waals surface area contributed by atoms with Gasteiger partial charge in [-0.25, -0.2) is 0 Å². The molecule has 0 fully saturated rings. The molecule has 0 atom stereocenters. The number of benzene rings is 1. The van der Waals surface area contributed by atoms with Gasteiger partial charge in [0.1, 0.15) is 5.82 Å². The van der Waals surface area contributed by atoms with E-state index in [2.05, 4.69) is 20.8 Å². The Morgan fingerprint density at radius 2 is 1.83 bits per heavy atom. The maximum Gasteiger partial charge on any atom is 0.435 e. The fourth-order valence-corrected chi connectivity index (χ4v) is 1.92. The first-order valence-corrected chi connectivity index (χ1v) is 6.86. The molecule has 23 heavy (non-hydrogen) atoms. The lowest BCUT2D eigenvalue weighted by atomic mass is 10.0. The van der Waals surface area contributed by atoms with Crippen molar-refractivity contribution in [3.63, 3.8) is 0 Å². The van der Waals surface area contributed by atoms with Crippen LogP contribution in [0.25, 0.3) is 0 Å². The highest BCUT2D eigenvalue weighted by molar-refractivity contribution is 6.10. The second-order valence-electron chi connectivity index (χ2n) is 4.72. The summed E-state index contributed by atoms with van der Waals surface area (Å²) in [6.07, 6.45) is -4.75. The number of carbonyl (C=O) groups excluding carboxylic acids is 1. The van der Waals surface area contributed by atoms with Gasteiger partial charge in [0.05, 0.1) is 5.56 Å². The molecule has 0 bridgehead atoms. The van der Waals surface area contributed by atoms with Gasteiger partial charge in [-0.15, -0.1) is 10.2 Å². The van der Waals surface area contributed by atoms with E-state index >= 15 is 0 Å². The summed E-state index contributed by atoms with van der Waals surface area (Å²) in [5.74, 6) is -0.628. The second-order valence-corrected chi connectivity index (χ2v) is 4.72. The van der Waals surface area contributed by atoms with Gasteiger partial charge in [0.15, 0.2) is 11.5 Å². The normalized spacial score (nSPS) is 11.3. The molecule has 0 unspecified atom stereocenters. The first kappa shape index (κ1) is 16.9. The van der Waals surface area contributed by atoms with E-state index < -0.39 is 23.2 Å². The molecule has 0 saturated heterocycles. The van der Waals surface area contributed by atoms with Crippen molar-refractivity contribution in [2.45, 2.75) is 6.18 Å². The highest BCUT2D eigenvalue weighted by Crippen LogP contribution is 2.31. The maximum absolute atomic E-state index is 13.1. The van der Waals surface area contributed by atoms with Crippen LogP contribution in [0.4, 0.5) is 19.0 Å². The van der Waals surface area contributed by atoms with E-state index in [0.717, 1.165) is 6.07 Å². The molecule has 122 valence electrons. The number of rotatable bonds is 6. The van der Waals surface area contributed by atoms with Crippen LogP contribution in [0.1, 0.15) is 21.6 Å². The predicted octanol–water partition coefficient (Wildman–Crippen LogP) is 2.36. The van der Waals surface area contributed by atoms with Crippen molar-refractivity contribution < 1.29 is 18.0 Å². The summed E-state index contributed by atoms with van der Waals surface area (Å²) in [5, 5.41) is 12.4. The predicted molar refractivity (Wildman–Crippen MR) is 79.3 cm³/mol. The summed E-state index contributed by atoms with van der Waals surface area (Å²) in [6.45, 7) is 1.03. The molecule has 2 rings (SSSR count). The van der Waals surface area contributed by atoms with Crippen LogP contribution < -0.4 is 10.6 Å². The number of ketones is 1. The Morgan fingerprint density at radius 1 is 1.13 bits per heavy atom. The number of anilines is 1. The van der Waals surface area contributed by atoms with Crippen LogP contribution in [0.5, 0.6) is 0 Å². The van der Waals surface area contributed by atoms with Crippen LogP contribution in [-0.2, 0) is 6.18 Å². The average Bonchev–Trinajstić information content (AvgIpc) is 2.54. The minimum absolute atomic E-state index is 0.118. The average molecular weight is 324 g/mol. The van der Waals surface area contributed by atoms with Gasteiger partial charge >= 0.3 is 6.18 Å². The van der Waals surface area contributed by atoms with E-state index in [1.165, 1.54) is 12.1 Å². The van der Waals surface area contributed by atoms with E-state index in [1.54, 1.807) is 25.2 Å². The van der Waals surface area contributed by atoms with Crippen LogP contribution >= 0.6 is 0 Å². The third-order valence-electron chi connectivity index (χ3n) is 3.02. The molecule has 0 aliphatic rings. The van der Waals surface area contributed by atoms with Crippen molar-refractivity contribution >= 4 is 11.6 Å². The zero-order valence-electron chi connectivity index (χ0n) is 12.3. The number of likely N-dealkylation sites (N-methyl/N-ethyl adjacent to an activating group) is 1. The monoisotopic (exact) mass is 324 g/mol. The number of aromatic nitrogens is 2. The van der Waals surface area contributed by atoms with Crippen molar-refractivity contribution in [3.8, 4) is 0 Å². The molecule has 0 radical (unpaired) electrons. The second kappa shape index (κ2) is 7.19. The summed E-state index contributed by atoms with van der Waals surface area (Å²) in [5.41, 5.74) is -1.65. The van der Waals surface area contributed by atoms with Crippen LogP contribution in [0, 0.1) is 0 Å². The summed E-state index contributed by atoms with van der Waals surface area (Å²) in [6, 6.07) is 8.84. The van der Waals surface area contributed by atoms with Crippen molar-refractivity contribution in [1.29, 1.82) is 0 Å². The Kier molecular flexibility index (Phi) is 5.28. The Balaban J connectivity index is 2.40. The summed E-state index contributed by atoms with van der Waals surface area (Å²) in [4.78, 5) is 12.4. The van der Waals surface area contributed by atoms with Crippen LogP contribution in [0.2, 0.25) is 0 Å². The lowest BCUT2D eigenvalue weighted by Gasteiger charge is -2.12. The first-order chi connectivity index (χ1) is 10.9. The molecular formula is C15H15F3N4O. The van der Waals surface area contributed by atoms with Crippen LogP contribution in [0.15, 0.2) is 36.4 Å². The zero-order valence-corrected chi connectivity index (χ0v) is 12.3. The highest BCUT2D eigenvalue weighted by Gasteiger charge is 2.38. The van der Waals surface area contributed by atoms with E-state index in [0.29, 0.717) is 13.1 Å². The first-order valence-electron chi connectivity index (χ1n) is 6.86. The molecule has 2 N–H and O–H groups in total. The summed E-state index contributed by atoms with van der Waals surface area (Å²) in [7, 11) is 1.74. The lowest BCUT2D eigenvalue weighted by Crippen LogP contribution is -2.21. The van der Waals surface area contributed by atoms with Crippen LogP contribution in [-0.4, -0.2) is 36.1 Å². The molecule has 1 aromatic heterocycles. The summed E-state index contributed by atoms with van der Waals surface area (Å²) < 4.78 is 39.2. The van der Waals surface area contributed by atoms with Gasteiger partial charge in [0.25, 0.3) is 0 Å². The molecule has 1 heterocycles. The van der Waals surface area contributed by atoms with E-state index in [4.69, 9.17) is 0 Å². The molecule has 2 aromatic rings. The third-order valence-corrected chi connectivity index (χ3v) is 3.02. The Bertz CT molecular complexity index is 674. The van der Waals surface area contributed by atoms with Gasteiger partial charge in [-0.2, -0.15) is 13.2 Å². The molecule has 0 aliphatic carbocycles. The van der Waals surface area contributed by atoms with E-state index in [1.807, 2.05) is 0 Å². The number of hydrogen-bond donors (Lipinski definition) is 2. The molecule has 0 spiro atoms. The van der Waals surface area contributed by atoms with Gasteiger partial charge in [0.2, 0.25) is 0 Å². The third kappa shape index (κ3) is 4.26. The number of carbonyl (C=O) groups is 1. The standard InChI is InChI=1S/C15H15F3N4O/c1-19-7-8-20-12-9-11(14(22-21-12)15(16,17)18)13(23)10-5-3-2-4-6-10/h2-6,9,19H,7-8H2,1H3,(H,20,21). The number of alkyl halides is 3. The van der Waals surface area contributed by atoms with Crippen molar-refractivity contribution in [1.82, 2.24) is 15.5 Å². The highest BCUT2D eigenvalue weighted by atomic mass is 19.4. The van der Waals surface area contributed by atoms with Gasteiger partial charge in [-0.1, -0.05) is 30.3 Å². The van der Waals surface area contributed by atoms with Gasteiger partial charge < -0.3 is 10.6 Å². The quantitative estimate of drug-likeness (QED) is 0.631. The molecule has 0 saturated carbocycles. The molecule has 8 heteroatoms. The largest absolute Gasteiger partial charge is 0.435 e. The van der Waals surface area contributed by atoms with Crippen molar-refractivity contribution in [2.75, 3.05) is 25.5 Å². The molecule has 1 aromatic carbocycles. The van der Waals surface area contributed by atoms with Crippen LogP contribution in [0.3, 0.4) is 0 Å². The maximum atomic E-state index is 13.1. The molecule has 0 aliphatic heterocycles. The van der Waals surface area contributed by atoms with Gasteiger partial charge in [-0.3, -0.25) is 4.79 Å². The van der Waals surface area contributed by atoms with Gasteiger partial charge in [0, 0.05) is 18.7 Å². The van der Waals surface area contributed by atoms with Gasteiger partial charge in [-0.05, 0) is 13.1 Å². The number of halogens is 3. The minimum atomic E-state index is -4.75. The number of hydrogen-bond acceptors (Lipinski definition) is 5. The fraction of sp³-hybridized carbons (Fsp3) is 0.267.